The van der Waals surface area contributed by atoms with E-state index >= 15 is 0 Å². The Morgan fingerprint density at radius 1 is 0.667 bits per heavy atom. The monoisotopic (exact) mass is 1060 g/mol. The molecule has 4 heterocycles. The van der Waals surface area contributed by atoms with Crippen molar-refractivity contribution < 1.29 is 38.9 Å². The second-order valence-electron chi connectivity index (χ2n) is 19.8. The van der Waals surface area contributed by atoms with Gasteiger partial charge in [-0.15, -0.1) is 0 Å². The Morgan fingerprint density at radius 2 is 1.19 bits per heavy atom. The molecule has 8 N–H and O–H groups in total. The van der Waals surface area contributed by atoms with E-state index < -0.39 is 53.1 Å². The zero-order chi connectivity index (χ0) is 55.6. The molecule has 0 saturated carbocycles. The molecule has 2 aliphatic rings. The minimum absolute atomic E-state index is 0.103. The lowest BCUT2D eigenvalue weighted by molar-refractivity contribution is -0.130. The topological polar surface area (TPSA) is 264 Å². The number of ketones is 1. The minimum atomic E-state index is -1.50. The molecule has 0 saturated heterocycles. The van der Waals surface area contributed by atoms with Crippen LogP contribution in [0.5, 0.6) is 5.75 Å². The lowest BCUT2D eigenvalue weighted by Gasteiger charge is -2.34. The molecule has 4 atom stereocenters. The summed E-state index contributed by atoms with van der Waals surface area (Å²) in [5.41, 5.74) is 3.49. The number of benzodiazepines with no additional fused rings is 2. The molecule has 0 fully saturated rings. The second kappa shape index (κ2) is 24.3. The smallest absolute Gasteiger partial charge is 0.321 e. The van der Waals surface area contributed by atoms with Gasteiger partial charge in [-0.05, 0) is 86.1 Å². The number of amides is 6. The van der Waals surface area contributed by atoms with Gasteiger partial charge in [0.05, 0.1) is 71.6 Å². The summed E-state index contributed by atoms with van der Waals surface area (Å²) in [4.78, 5) is 93.1. The van der Waals surface area contributed by atoms with Gasteiger partial charge in [0.15, 0.2) is 5.78 Å². The Hall–Kier alpha value is -9.01. The van der Waals surface area contributed by atoms with Crippen LogP contribution in [0.3, 0.4) is 0 Å². The van der Waals surface area contributed by atoms with Crippen molar-refractivity contribution in [3.63, 3.8) is 0 Å². The van der Waals surface area contributed by atoms with Gasteiger partial charge >= 0.3 is 12.1 Å². The lowest BCUT2D eigenvalue weighted by Crippen LogP contribution is -2.52. The first kappa shape index (κ1) is 55.2. The number of fused-ring (bicyclic) bond motifs is 2. The van der Waals surface area contributed by atoms with Crippen molar-refractivity contribution >= 4 is 75.2 Å². The van der Waals surface area contributed by atoms with E-state index in [1.54, 1.807) is 156 Å². The Balaban J connectivity index is 1.05. The van der Waals surface area contributed by atoms with Crippen molar-refractivity contribution in [1.29, 1.82) is 0 Å². The Kier molecular flexibility index (Phi) is 17.2. The second-order valence-corrected chi connectivity index (χ2v) is 19.8. The maximum Gasteiger partial charge on any atom is 0.321 e. The van der Waals surface area contributed by atoms with Crippen molar-refractivity contribution in [3.8, 4) is 5.75 Å². The quantitative estimate of drug-likeness (QED) is 0.0382. The summed E-state index contributed by atoms with van der Waals surface area (Å²) in [6.07, 6.45) is -0.0796. The number of urea groups is 2. The van der Waals surface area contributed by atoms with Gasteiger partial charge in [-0.25, -0.2) is 19.6 Å². The number of carbonyl (C=O) groups is 5. The van der Waals surface area contributed by atoms with Gasteiger partial charge in [-0.3, -0.25) is 24.4 Å². The van der Waals surface area contributed by atoms with E-state index in [9.17, 15) is 34.2 Å². The van der Waals surface area contributed by atoms with Crippen molar-refractivity contribution in [3.05, 3.63) is 162 Å². The molecule has 20 heteroatoms. The van der Waals surface area contributed by atoms with E-state index in [2.05, 4.69) is 36.9 Å². The molecule has 78 heavy (non-hydrogen) atoms. The summed E-state index contributed by atoms with van der Waals surface area (Å²) < 4.78 is 6.37. The minimum Gasteiger partial charge on any atom is -0.491 e. The molecule has 404 valence electrons. The van der Waals surface area contributed by atoms with Crippen molar-refractivity contribution in [1.82, 2.24) is 20.6 Å². The molecule has 4 aromatic carbocycles. The Morgan fingerprint density at radius 3 is 1.71 bits per heavy atom. The van der Waals surface area contributed by atoms with Crippen LogP contribution in [0.15, 0.2) is 150 Å². The van der Waals surface area contributed by atoms with Gasteiger partial charge in [0, 0.05) is 59.6 Å². The number of rotatable bonds is 20. The average molecular weight is 1060 g/mol. The molecule has 8 rings (SSSR count). The molecule has 2 aromatic heterocycles. The zero-order valence-corrected chi connectivity index (χ0v) is 44.3. The number of nitrogens with one attached hydrogen (secondary N) is 6. The molecule has 0 radical (unpaired) electrons. The summed E-state index contributed by atoms with van der Waals surface area (Å²) >= 11 is 0. The zero-order valence-electron chi connectivity index (χ0n) is 44.3. The van der Waals surface area contributed by atoms with Crippen LogP contribution in [0.2, 0.25) is 0 Å². The van der Waals surface area contributed by atoms with Gasteiger partial charge in [-0.1, -0.05) is 81.8 Å². The number of Topliss-reactive ketones (excluding diaryl/α,β-unsaturated/α-hetero) is 1. The van der Waals surface area contributed by atoms with Gasteiger partial charge in [0.1, 0.15) is 12.4 Å². The van der Waals surface area contributed by atoms with Crippen molar-refractivity contribution in [2.24, 2.45) is 20.8 Å². The summed E-state index contributed by atoms with van der Waals surface area (Å²) in [6.45, 7) is 6.01. The number of ether oxygens (including phenoxy) is 1. The third kappa shape index (κ3) is 12.6. The number of nitrogens with zero attached hydrogens (tertiary/aromatic N) is 6. The first-order valence-corrected chi connectivity index (χ1v) is 25.6. The summed E-state index contributed by atoms with van der Waals surface area (Å²) in [5, 5.41) is 38.5. The molecule has 20 nitrogen and oxygen atoms in total. The van der Waals surface area contributed by atoms with E-state index in [0.717, 1.165) is 11.4 Å². The average Bonchev–Trinajstić information content (AvgIpc) is 3.72. The van der Waals surface area contributed by atoms with Crippen molar-refractivity contribution in [2.45, 2.75) is 59.0 Å². The highest BCUT2D eigenvalue weighted by Gasteiger charge is 2.41. The Labute approximate surface area is 452 Å². The highest BCUT2D eigenvalue weighted by Crippen LogP contribution is 2.34. The fourth-order valence-electron chi connectivity index (χ4n) is 8.95. The van der Waals surface area contributed by atoms with Gasteiger partial charge < -0.3 is 56.7 Å². The van der Waals surface area contributed by atoms with Crippen LogP contribution in [-0.4, -0.2) is 120 Å². The highest BCUT2D eigenvalue weighted by atomic mass is 16.5. The number of aromatic nitrogens is 2. The molecule has 0 bridgehead atoms. The van der Waals surface area contributed by atoms with E-state index in [1.165, 1.54) is 16.0 Å². The summed E-state index contributed by atoms with van der Waals surface area (Å²) in [5.74, 6) is -1.29. The maximum atomic E-state index is 14.9. The number of para-hydroxylation sites is 2. The number of carbonyl (C=O) groups excluding carboxylic acids is 5. The number of aliphatic hydroxyl groups excluding tert-OH is 2. The number of pyridine rings is 2. The van der Waals surface area contributed by atoms with E-state index in [-0.39, 0.29) is 37.8 Å². The predicted molar refractivity (Wildman–Crippen MR) is 302 cm³/mol. The number of anilines is 6. The molecular formula is C58H64N12O8. The molecule has 0 aliphatic carbocycles. The summed E-state index contributed by atoms with van der Waals surface area (Å²) in [7, 11) is 3.51. The fourth-order valence-corrected chi connectivity index (χ4v) is 8.95. The number of benzene rings is 4. The predicted octanol–water partition coefficient (Wildman–Crippen LogP) is 7.06. The van der Waals surface area contributed by atoms with Crippen LogP contribution >= 0.6 is 0 Å². The molecule has 6 aromatic rings. The molecular weight excluding hydrogens is 993 g/mol. The van der Waals surface area contributed by atoms with Crippen LogP contribution < -0.4 is 46.4 Å². The van der Waals surface area contributed by atoms with Gasteiger partial charge in [0.25, 0.3) is 11.8 Å². The number of hydrogen-bond acceptors (Lipinski definition) is 14. The number of aliphatic imine (C=N–C) groups is 2. The van der Waals surface area contributed by atoms with E-state index in [4.69, 9.17) is 19.7 Å². The normalized spacial score (nSPS) is 16.4. The van der Waals surface area contributed by atoms with Crippen LogP contribution in [0.25, 0.3) is 0 Å². The maximum absolute atomic E-state index is 14.9. The van der Waals surface area contributed by atoms with Gasteiger partial charge in [-0.2, -0.15) is 0 Å². The first-order chi connectivity index (χ1) is 37.5. The van der Waals surface area contributed by atoms with Crippen LogP contribution in [0.4, 0.5) is 43.7 Å². The largest absolute Gasteiger partial charge is 0.491 e. The molecule has 4 unspecified atom stereocenters. The number of aliphatic hydroxyl groups is 2. The number of β-amino-alcohol motifs (C(OH)–C–C–N with tert-alkyl or cyclic N) is 1. The van der Waals surface area contributed by atoms with E-state index in [1.807, 2.05) is 19.1 Å². The fraction of sp³-hybridized carbons (Fsp3) is 0.293. The first-order valence-electron chi connectivity index (χ1n) is 25.6. The van der Waals surface area contributed by atoms with Gasteiger partial charge in [0.2, 0.25) is 12.3 Å². The molecule has 0 spiro atoms. The standard InChI is InChI=1S/C58H64N12O8/c1-7-27-58(4,48(73)33-70-46-24-11-8-20-41(46)49(43-22-12-13-28-61-43)65-52(54(70)75)68-56(77)64-39-19-15-17-37(30-39)60-6)35-78-40-25-26-44(62-31-40)50-42-21-9-10-23-45(42)69(32-47(72)57(2,3)34-71)53(74)51(66-50)67-55(76)63-38-18-14-16-36(29-38)59-5/h8-26,28-31,47,51-52,59-60,71-72H,7,27,32-35H2,1-6H3,(H2,63,67,76)(H2,64,68,77). The van der Waals surface area contributed by atoms with Crippen LogP contribution in [0.1, 0.15) is 63.1 Å². The summed E-state index contributed by atoms with van der Waals surface area (Å²) in [6, 6.07) is 35.4. The molecule has 6 amide bonds. The lowest BCUT2D eigenvalue weighted by atomic mass is 9.81. The van der Waals surface area contributed by atoms with Crippen LogP contribution in [-0.2, 0) is 14.4 Å². The SMILES string of the molecule is CCCC(C)(COc1ccc(C2=NC(NC(=O)Nc3cccc(NC)c3)C(=O)N(CC(O)C(C)(C)CO)c3ccccc32)nc1)C(=O)CN1C(=O)C(NC(=O)Nc2cccc(NC)c2)N=C(c2ccccn2)c2ccccc21. The number of hydrogen-bond donors (Lipinski definition) is 8. The van der Waals surface area contributed by atoms with Crippen molar-refractivity contribution in [2.75, 3.05) is 71.5 Å². The van der Waals surface area contributed by atoms with Crippen LogP contribution in [0, 0.1) is 10.8 Å². The van der Waals surface area contributed by atoms with E-state index in [0.29, 0.717) is 69.6 Å². The third-order valence-electron chi connectivity index (χ3n) is 13.7. The third-order valence-corrected chi connectivity index (χ3v) is 13.7. The highest BCUT2D eigenvalue weighted by molar-refractivity contribution is 6.21. The Bertz CT molecular complexity index is 3230. The molecule has 2 aliphatic heterocycles.